The van der Waals surface area contributed by atoms with E-state index in [-0.39, 0.29) is 0 Å². The molecule has 1 aliphatic heterocycles. The molecule has 3 N–H and O–H groups in total. The molecule has 0 amide bonds. The van der Waals surface area contributed by atoms with E-state index in [0.29, 0.717) is 18.3 Å². The van der Waals surface area contributed by atoms with Crippen LogP contribution in [0.2, 0.25) is 0 Å². The molecule has 106 valence electrons. The molecule has 0 spiro atoms. The highest BCUT2D eigenvalue weighted by Gasteiger charge is 2.24. The minimum atomic E-state index is -0.454. The van der Waals surface area contributed by atoms with Crippen molar-refractivity contribution < 1.29 is 5.11 Å². The third-order valence-corrected chi connectivity index (χ3v) is 4.06. The summed E-state index contributed by atoms with van der Waals surface area (Å²) >= 11 is 0. The van der Waals surface area contributed by atoms with Crippen LogP contribution < -0.4 is 5.73 Å². The Labute approximate surface area is 115 Å². The number of aliphatic hydroxyl groups is 1. The summed E-state index contributed by atoms with van der Waals surface area (Å²) in [5.41, 5.74) is 7.38. The maximum atomic E-state index is 10.3. The van der Waals surface area contributed by atoms with Gasteiger partial charge in [0.2, 0.25) is 0 Å². The van der Waals surface area contributed by atoms with E-state index >= 15 is 0 Å². The highest BCUT2D eigenvalue weighted by molar-refractivity contribution is 5.41. The third kappa shape index (κ3) is 3.69. The van der Waals surface area contributed by atoms with Crippen molar-refractivity contribution in [2.24, 2.45) is 0 Å². The molecule has 0 saturated carbocycles. The minimum absolute atomic E-state index is 0.454. The fraction of sp³-hybridized carbons (Fsp3) is 0.600. The van der Waals surface area contributed by atoms with Gasteiger partial charge >= 0.3 is 0 Å². The van der Waals surface area contributed by atoms with E-state index in [1.807, 2.05) is 24.3 Å². The Morgan fingerprint density at radius 2 is 2.21 bits per heavy atom. The Hall–Kier alpha value is -1.10. The summed E-state index contributed by atoms with van der Waals surface area (Å²) in [6.07, 6.45) is 0.700. The number of likely N-dealkylation sites (N-methyl/N-ethyl adjacent to an activating group) is 1. The lowest BCUT2D eigenvalue weighted by atomic mass is 10.1. The zero-order valence-electron chi connectivity index (χ0n) is 11.9. The first-order chi connectivity index (χ1) is 9.10. The van der Waals surface area contributed by atoms with Gasteiger partial charge in [-0.15, -0.1) is 0 Å². The van der Waals surface area contributed by atoms with Gasteiger partial charge < -0.3 is 15.7 Å². The highest BCUT2D eigenvalue weighted by Crippen LogP contribution is 2.19. The van der Waals surface area contributed by atoms with Crippen LogP contribution in [0.15, 0.2) is 24.3 Å². The summed E-state index contributed by atoms with van der Waals surface area (Å²) in [6.45, 7) is 6.04. The van der Waals surface area contributed by atoms with E-state index in [1.165, 1.54) is 0 Å². The Kier molecular flexibility index (Phi) is 4.80. The first-order valence-electron chi connectivity index (χ1n) is 7.06. The van der Waals surface area contributed by atoms with Gasteiger partial charge in [0.1, 0.15) is 0 Å². The van der Waals surface area contributed by atoms with E-state index in [4.69, 9.17) is 5.73 Å². The Morgan fingerprint density at radius 1 is 1.42 bits per heavy atom. The van der Waals surface area contributed by atoms with Crippen LogP contribution in [-0.4, -0.2) is 54.2 Å². The third-order valence-electron chi connectivity index (χ3n) is 4.06. The van der Waals surface area contributed by atoms with E-state index in [9.17, 15) is 5.11 Å². The van der Waals surface area contributed by atoms with Crippen LogP contribution in [0.5, 0.6) is 0 Å². The van der Waals surface area contributed by atoms with Gasteiger partial charge in [0.15, 0.2) is 0 Å². The zero-order valence-corrected chi connectivity index (χ0v) is 11.9. The maximum Gasteiger partial charge on any atom is 0.0917 e. The fourth-order valence-corrected chi connectivity index (χ4v) is 2.73. The molecular formula is C15H25N3O. The number of nitrogens with zero attached hydrogens (tertiary/aromatic N) is 2. The van der Waals surface area contributed by atoms with Gasteiger partial charge in [-0.25, -0.2) is 0 Å². The predicted molar refractivity (Wildman–Crippen MR) is 79.0 cm³/mol. The lowest BCUT2D eigenvalue weighted by molar-refractivity contribution is 0.0502. The molecule has 0 aromatic heterocycles. The van der Waals surface area contributed by atoms with Crippen LogP contribution in [0.1, 0.15) is 25.0 Å². The number of anilines is 1. The predicted octanol–water partition coefficient (Wildman–Crippen LogP) is 1.33. The molecule has 1 aromatic carbocycles. The summed E-state index contributed by atoms with van der Waals surface area (Å²) in [5, 5.41) is 10.3. The molecule has 19 heavy (non-hydrogen) atoms. The van der Waals surface area contributed by atoms with E-state index in [1.54, 1.807) is 0 Å². The number of hydrogen-bond acceptors (Lipinski definition) is 4. The Morgan fingerprint density at radius 3 is 2.89 bits per heavy atom. The minimum Gasteiger partial charge on any atom is -0.399 e. The summed E-state index contributed by atoms with van der Waals surface area (Å²) < 4.78 is 0. The monoisotopic (exact) mass is 263 g/mol. The van der Waals surface area contributed by atoms with Gasteiger partial charge in [0.05, 0.1) is 6.10 Å². The van der Waals surface area contributed by atoms with Crippen molar-refractivity contribution in [3.05, 3.63) is 29.8 Å². The van der Waals surface area contributed by atoms with Gasteiger partial charge in [0, 0.05) is 37.9 Å². The van der Waals surface area contributed by atoms with Crippen LogP contribution in [0.4, 0.5) is 5.69 Å². The topological polar surface area (TPSA) is 52.7 Å². The molecule has 0 radical (unpaired) electrons. The number of hydrogen-bond donors (Lipinski definition) is 2. The molecule has 4 heteroatoms. The second-order valence-corrected chi connectivity index (χ2v) is 5.49. The molecular weight excluding hydrogens is 238 g/mol. The average molecular weight is 263 g/mol. The molecule has 0 aliphatic carbocycles. The van der Waals surface area contributed by atoms with Crippen LogP contribution >= 0.6 is 0 Å². The van der Waals surface area contributed by atoms with Crippen molar-refractivity contribution in [2.45, 2.75) is 25.5 Å². The molecule has 2 unspecified atom stereocenters. The fourth-order valence-electron chi connectivity index (χ4n) is 2.73. The summed E-state index contributed by atoms with van der Waals surface area (Å²) in [5.74, 6) is 0. The number of benzene rings is 1. The number of nitrogens with two attached hydrogens (primary N) is 1. The van der Waals surface area contributed by atoms with Gasteiger partial charge in [-0.1, -0.05) is 19.1 Å². The van der Waals surface area contributed by atoms with Crippen LogP contribution in [0.3, 0.4) is 0 Å². The molecule has 1 fully saturated rings. The second kappa shape index (κ2) is 6.37. The van der Waals surface area contributed by atoms with Crippen LogP contribution in [-0.2, 0) is 0 Å². The van der Waals surface area contributed by atoms with Crippen molar-refractivity contribution in [2.75, 3.05) is 39.0 Å². The largest absolute Gasteiger partial charge is 0.399 e. The van der Waals surface area contributed by atoms with E-state index in [2.05, 4.69) is 23.8 Å². The first kappa shape index (κ1) is 14.3. The van der Waals surface area contributed by atoms with Crippen LogP contribution in [0.25, 0.3) is 0 Å². The summed E-state index contributed by atoms with van der Waals surface area (Å²) in [6, 6.07) is 8.14. The van der Waals surface area contributed by atoms with Crippen molar-refractivity contribution >= 4 is 5.69 Å². The number of aliphatic hydroxyl groups excluding tert-OH is 1. The molecule has 1 heterocycles. The van der Waals surface area contributed by atoms with Crippen molar-refractivity contribution in [1.29, 1.82) is 0 Å². The molecule has 1 saturated heterocycles. The zero-order chi connectivity index (χ0) is 13.8. The van der Waals surface area contributed by atoms with Crippen molar-refractivity contribution in [1.82, 2.24) is 9.80 Å². The average Bonchev–Trinajstić information content (AvgIpc) is 2.41. The SMILES string of the molecule is CCC1CN(CC(O)c2cccc(N)c2)CCN1C. The molecule has 2 atom stereocenters. The number of nitrogen functional groups attached to an aromatic ring is 1. The van der Waals surface area contributed by atoms with E-state index in [0.717, 1.165) is 31.6 Å². The molecule has 4 nitrogen and oxygen atoms in total. The highest BCUT2D eigenvalue weighted by atomic mass is 16.3. The van der Waals surface area contributed by atoms with Gasteiger partial charge in [-0.2, -0.15) is 0 Å². The lowest BCUT2D eigenvalue weighted by Gasteiger charge is -2.39. The van der Waals surface area contributed by atoms with Gasteiger partial charge in [-0.3, -0.25) is 4.90 Å². The molecule has 1 aromatic rings. The van der Waals surface area contributed by atoms with Crippen molar-refractivity contribution in [3.63, 3.8) is 0 Å². The summed E-state index contributed by atoms with van der Waals surface area (Å²) in [7, 11) is 2.18. The Balaban J connectivity index is 1.94. The van der Waals surface area contributed by atoms with Gasteiger partial charge in [0.25, 0.3) is 0 Å². The van der Waals surface area contributed by atoms with Gasteiger partial charge in [-0.05, 0) is 31.2 Å². The number of β-amino-alcohol motifs (C(OH)–C–C–N with tert-alkyl or cyclic N) is 1. The normalized spacial score (nSPS) is 23.4. The maximum absolute atomic E-state index is 10.3. The lowest BCUT2D eigenvalue weighted by Crippen LogP contribution is -2.51. The van der Waals surface area contributed by atoms with Crippen LogP contribution in [0, 0.1) is 0 Å². The molecule has 2 rings (SSSR count). The van der Waals surface area contributed by atoms with Crippen molar-refractivity contribution in [3.8, 4) is 0 Å². The number of piperazine rings is 1. The smallest absolute Gasteiger partial charge is 0.0917 e. The second-order valence-electron chi connectivity index (χ2n) is 5.49. The first-order valence-corrected chi connectivity index (χ1v) is 7.06. The molecule has 0 bridgehead atoms. The Bertz CT molecular complexity index is 410. The standard InChI is InChI=1S/C15H25N3O/c1-3-14-10-18(8-7-17(14)2)11-15(19)12-5-4-6-13(16)9-12/h4-6,9,14-15,19H,3,7-8,10-11,16H2,1-2H3. The number of rotatable bonds is 4. The summed E-state index contributed by atoms with van der Waals surface area (Å²) in [4.78, 5) is 4.76. The van der Waals surface area contributed by atoms with E-state index < -0.39 is 6.10 Å². The quantitative estimate of drug-likeness (QED) is 0.805. The molecule has 1 aliphatic rings.